The van der Waals surface area contributed by atoms with Crippen molar-refractivity contribution in [1.29, 1.82) is 0 Å². The minimum atomic E-state index is -4.58. The summed E-state index contributed by atoms with van der Waals surface area (Å²) in [6.45, 7) is 3.72. The van der Waals surface area contributed by atoms with Crippen LogP contribution in [0.3, 0.4) is 0 Å². The third-order valence-electron chi connectivity index (χ3n) is 4.68. The summed E-state index contributed by atoms with van der Waals surface area (Å²) in [4.78, 5) is 11.0. The Morgan fingerprint density at radius 3 is 2.55 bits per heavy atom. The Kier molecular flexibility index (Phi) is 6.03. The molecule has 1 unspecified atom stereocenters. The Morgan fingerprint density at radius 2 is 1.97 bits per heavy atom. The van der Waals surface area contributed by atoms with E-state index in [2.05, 4.69) is 25.6 Å². The summed E-state index contributed by atoms with van der Waals surface area (Å²) in [5.74, 6) is 0.256. The number of nitrogens with one attached hydrogen (secondary N) is 3. The van der Waals surface area contributed by atoms with Gasteiger partial charge < -0.3 is 20.4 Å². The van der Waals surface area contributed by atoms with Gasteiger partial charge in [-0.15, -0.1) is 0 Å². The fraction of sp³-hybridized carbons (Fsp3) is 0.368. The number of fused-ring (bicyclic) bond motifs is 1. The topological polar surface area (TPSA) is 109 Å². The Balaban J connectivity index is 2.09. The average molecular weight is 457 g/mol. The molecule has 0 bridgehead atoms. The second-order valence-corrected chi connectivity index (χ2v) is 9.05. The normalized spacial score (nSPS) is 13.3. The molecule has 8 nitrogen and oxygen atoms in total. The number of aromatic nitrogens is 3. The quantitative estimate of drug-likeness (QED) is 0.484. The minimum Gasteiger partial charge on any atom is -0.495 e. The number of anilines is 3. The van der Waals surface area contributed by atoms with E-state index in [1.165, 1.54) is 25.3 Å². The van der Waals surface area contributed by atoms with Gasteiger partial charge in [0.2, 0.25) is 5.95 Å². The summed E-state index contributed by atoms with van der Waals surface area (Å²) in [5, 5.41) is 5.73. The van der Waals surface area contributed by atoms with Gasteiger partial charge in [-0.25, -0.2) is 8.42 Å². The highest BCUT2D eigenvalue weighted by atomic mass is 32.2. The molecule has 3 N–H and O–H groups in total. The average Bonchev–Trinajstić information content (AvgIpc) is 3.12. The van der Waals surface area contributed by atoms with Crippen molar-refractivity contribution in [2.75, 3.05) is 24.0 Å². The standard InChI is InChI=1S/C19H22F3N5O3S/c1-5-10(2)24-17-15-12(19(20,21)22)9-23-16(15)26-18(27-17)25-13-7-6-11(31(4,28)29)8-14(13)30-3/h6-10H,5H2,1-4H3,(H3,23,24,25,26,27). The lowest BCUT2D eigenvalue weighted by molar-refractivity contribution is -0.136. The summed E-state index contributed by atoms with van der Waals surface area (Å²) in [5.41, 5.74) is -0.511. The van der Waals surface area contributed by atoms with Gasteiger partial charge in [-0.05, 0) is 25.5 Å². The number of nitrogens with zero attached hydrogens (tertiary/aromatic N) is 2. The highest BCUT2D eigenvalue weighted by molar-refractivity contribution is 7.90. The van der Waals surface area contributed by atoms with E-state index in [0.717, 1.165) is 12.5 Å². The van der Waals surface area contributed by atoms with Crippen molar-refractivity contribution < 1.29 is 26.3 Å². The van der Waals surface area contributed by atoms with Gasteiger partial charge in [0.05, 0.1) is 28.6 Å². The van der Waals surface area contributed by atoms with Crippen LogP contribution in [0.25, 0.3) is 11.0 Å². The van der Waals surface area contributed by atoms with E-state index < -0.39 is 21.6 Å². The van der Waals surface area contributed by atoms with Crippen molar-refractivity contribution in [3.63, 3.8) is 0 Å². The number of halogens is 3. The van der Waals surface area contributed by atoms with Crippen molar-refractivity contribution in [3.8, 4) is 5.75 Å². The Hall–Kier alpha value is -3.02. The molecule has 12 heteroatoms. The summed E-state index contributed by atoms with van der Waals surface area (Å²) in [7, 11) is -2.08. The summed E-state index contributed by atoms with van der Waals surface area (Å²) in [6.07, 6.45) is -1.98. The van der Waals surface area contributed by atoms with Gasteiger partial charge in [-0.2, -0.15) is 23.1 Å². The molecule has 0 radical (unpaired) electrons. The van der Waals surface area contributed by atoms with Crippen molar-refractivity contribution >= 4 is 38.3 Å². The largest absolute Gasteiger partial charge is 0.495 e. The molecular weight excluding hydrogens is 435 g/mol. The Bertz CT molecular complexity index is 1210. The number of methoxy groups -OCH3 is 1. The van der Waals surface area contributed by atoms with Crippen molar-refractivity contribution in [2.45, 2.75) is 37.4 Å². The number of alkyl halides is 3. The SMILES string of the molecule is CCC(C)Nc1nc(Nc2ccc(S(C)(=O)=O)cc2OC)nc2[nH]cc(C(F)(F)F)c12. The number of sulfone groups is 1. The maximum Gasteiger partial charge on any atom is 0.418 e. The fourth-order valence-electron chi connectivity index (χ4n) is 2.88. The Morgan fingerprint density at radius 1 is 1.26 bits per heavy atom. The molecular formula is C19H22F3N5O3S. The molecule has 1 aromatic carbocycles. The third-order valence-corrected chi connectivity index (χ3v) is 5.79. The number of rotatable bonds is 7. The first-order valence-electron chi connectivity index (χ1n) is 9.32. The predicted molar refractivity (Wildman–Crippen MR) is 112 cm³/mol. The monoisotopic (exact) mass is 457 g/mol. The van der Waals surface area contributed by atoms with Gasteiger partial charge in [0, 0.05) is 24.6 Å². The van der Waals surface area contributed by atoms with Crippen LogP contribution in [0.2, 0.25) is 0 Å². The molecule has 0 aliphatic heterocycles. The van der Waals surface area contributed by atoms with Gasteiger partial charge in [-0.3, -0.25) is 0 Å². The van der Waals surface area contributed by atoms with Crippen LogP contribution in [0, 0.1) is 0 Å². The molecule has 3 aromatic rings. The van der Waals surface area contributed by atoms with Gasteiger partial charge in [0.25, 0.3) is 0 Å². The van der Waals surface area contributed by atoms with Crippen LogP contribution < -0.4 is 15.4 Å². The Labute approximate surface area is 177 Å². The zero-order chi connectivity index (χ0) is 23.0. The maximum atomic E-state index is 13.4. The first kappa shape index (κ1) is 22.7. The van der Waals surface area contributed by atoms with Crippen LogP contribution in [-0.4, -0.2) is 42.8 Å². The van der Waals surface area contributed by atoms with E-state index in [9.17, 15) is 21.6 Å². The highest BCUT2D eigenvalue weighted by Gasteiger charge is 2.35. The molecule has 0 spiro atoms. The lowest BCUT2D eigenvalue weighted by atomic mass is 10.2. The van der Waals surface area contributed by atoms with Crippen LogP contribution in [0.5, 0.6) is 5.75 Å². The molecule has 31 heavy (non-hydrogen) atoms. The maximum absolute atomic E-state index is 13.4. The molecule has 168 valence electrons. The van der Waals surface area contributed by atoms with Crippen molar-refractivity contribution in [1.82, 2.24) is 15.0 Å². The summed E-state index contributed by atoms with van der Waals surface area (Å²) < 4.78 is 69.1. The molecule has 0 fully saturated rings. The van der Waals surface area contributed by atoms with Crippen molar-refractivity contribution in [3.05, 3.63) is 30.0 Å². The molecule has 0 amide bonds. The van der Waals surface area contributed by atoms with Gasteiger partial charge >= 0.3 is 6.18 Å². The highest BCUT2D eigenvalue weighted by Crippen LogP contribution is 2.38. The molecule has 0 saturated carbocycles. The van der Waals surface area contributed by atoms with Crippen LogP contribution in [-0.2, 0) is 16.0 Å². The van der Waals surface area contributed by atoms with Crippen LogP contribution in [0.4, 0.5) is 30.6 Å². The number of H-pyrrole nitrogens is 1. The van der Waals surface area contributed by atoms with Gasteiger partial charge in [0.15, 0.2) is 9.84 Å². The van der Waals surface area contributed by atoms with Crippen LogP contribution in [0.1, 0.15) is 25.8 Å². The van der Waals surface area contributed by atoms with E-state index in [1.54, 1.807) is 0 Å². The van der Waals surface area contributed by atoms with Crippen LogP contribution in [0.15, 0.2) is 29.3 Å². The molecule has 1 atom stereocenters. The first-order valence-corrected chi connectivity index (χ1v) is 11.2. The third kappa shape index (κ3) is 4.84. The van der Waals surface area contributed by atoms with Gasteiger partial charge in [-0.1, -0.05) is 6.92 Å². The number of hydrogen-bond donors (Lipinski definition) is 3. The summed E-state index contributed by atoms with van der Waals surface area (Å²) in [6, 6.07) is 4.06. The van der Waals surface area contributed by atoms with E-state index in [0.29, 0.717) is 12.1 Å². The number of hydrogen-bond acceptors (Lipinski definition) is 7. The molecule has 2 heterocycles. The minimum absolute atomic E-state index is 0.00218. The van der Waals surface area contributed by atoms with Crippen LogP contribution >= 0.6 is 0 Å². The number of aromatic amines is 1. The zero-order valence-electron chi connectivity index (χ0n) is 17.3. The summed E-state index contributed by atoms with van der Waals surface area (Å²) >= 11 is 0. The van der Waals surface area contributed by atoms with E-state index in [-0.39, 0.29) is 39.5 Å². The van der Waals surface area contributed by atoms with E-state index >= 15 is 0 Å². The molecule has 0 aliphatic carbocycles. The number of benzene rings is 1. The lowest BCUT2D eigenvalue weighted by Crippen LogP contribution is -2.16. The number of ether oxygens (including phenoxy) is 1. The first-order chi connectivity index (χ1) is 14.4. The molecule has 2 aromatic heterocycles. The second kappa shape index (κ2) is 8.25. The smallest absolute Gasteiger partial charge is 0.418 e. The second-order valence-electron chi connectivity index (χ2n) is 7.03. The van der Waals surface area contributed by atoms with Crippen molar-refractivity contribution in [2.24, 2.45) is 0 Å². The zero-order valence-corrected chi connectivity index (χ0v) is 18.1. The molecule has 0 saturated heterocycles. The predicted octanol–water partition coefficient (Wildman–Crippen LogP) is 4.34. The lowest BCUT2D eigenvalue weighted by Gasteiger charge is -2.16. The molecule has 0 aliphatic rings. The van der Waals surface area contributed by atoms with Gasteiger partial charge in [0.1, 0.15) is 17.2 Å². The van der Waals surface area contributed by atoms with E-state index in [4.69, 9.17) is 4.74 Å². The van der Waals surface area contributed by atoms with E-state index in [1.807, 2.05) is 13.8 Å². The molecule has 3 rings (SSSR count). The fourth-order valence-corrected chi connectivity index (χ4v) is 3.51.